The molecule has 0 aliphatic heterocycles. The van der Waals surface area contributed by atoms with Gasteiger partial charge >= 0.3 is 0 Å². The van der Waals surface area contributed by atoms with Gasteiger partial charge in [0, 0.05) is 33.3 Å². The van der Waals surface area contributed by atoms with Gasteiger partial charge in [0.2, 0.25) is 10.0 Å². The molecule has 0 bridgehead atoms. The molecule has 0 atom stereocenters. The second-order valence-corrected chi connectivity index (χ2v) is 6.24. The average molecular weight is 301 g/mol. The van der Waals surface area contributed by atoms with Crippen LogP contribution in [-0.2, 0) is 21.3 Å². The zero-order chi connectivity index (χ0) is 15.0. The largest absolute Gasteiger partial charge is 0.383 e. The van der Waals surface area contributed by atoms with Gasteiger partial charge in [0.1, 0.15) is 0 Å². The van der Waals surface area contributed by atoms with Gasteiger partial charge < -0.3 is 15.4 Å². The molecule has 0 saturated heterocycles. The molecule has 20 heavy (non-hydrogen) atoms. The van der Waals surface area contributed by atoms with Gasteiger partial charge in [-0.15, -0.1) is 0 Å². The fourth-order valence-corrected chi connectivity index (χ4v) is 3.01. The van der Waals surface area contributed by atoms with Crippen LogP contribution in [0.15, 0.2) is 29.2 Å². The average Bonchev–Trinajstić information content (AvgIpc) is 2.44. The fraction of sp³-hybridized carbons (Fsp3) is 0.538. The van der Waals surface area contributed by atoms with Crippen LogP contribution < -0.4 is 10.5 Å². The Labute approximate surface area is 121 Å². The van der Waals surface area contributed by atoms with Crippen LogP contribution in [0.1, 0.15) is 5.56 Å². The molecule has 0 aliphatic carbocycles. The maximum Gasteiger partial charge on any atom is 0.240 e. The van der Waals surface area contributed by atoms with E-state index >= 15 is 0 Å². The van der Waals surface area contributed by atoms with Gasteiger partial charge in [-0.3, -0.25) is 0 Å². The van der Waals surface area contributed by atoms with Crippen molar-refractivity contribution in [3.05, 3.63) is 29.8 Å². The minimum absolute atomic E-state index is 0.199. The summed E-state index contributed by atoms with van der Waals surface area (Å²) in [7, 11) is 0.0499. The normalized spacial score (nSPS) is 12.0. The highest BCUT2D eigenvalue weighted by molar-refractivity contribution is 7.89. The van der Waals surface area contributed by atoms with E-state index in [9.17, 15) is 8.42 Å². The van der Waals surface area contributed by atoms with Crippen molar-refractivity contribution in [3.8, 4) is 0 Å². The lowest BCUT2D eigenvalue weighted by Crippen LogP contribution is -2.34. The third-order valence-corrected chi connectivity index (χ3v) is 4.51. The third-order valence-electron chi connectivity index (χ3n) is 2.94. The molecule has 0 saturated carbocycles. The lowest BCUT2D eigenvalue weighted by atomic mass is 10.2. The first-order valence-corrected chi connectivity index (χ1v) is 7.94. The van der Waals surface area contributed by atoms with Crippen LogP contribution in [0.25, 0.3) is 0 Å². The van der Waals surface area contributed by atoms with Crippen LogP contribution in [-0.4, -0.2) is 53.7 Å². The Balaban J connectivity index is 2.58. The Bertz CT molecular complexity index is 505. The zero-order valence-electron chi connectivity index (χ0n) is 12.0. The predicted octanol–water partition coefficient (Wildman–Crippen LogP) is 0.00180. The quantitative estimate of drug-likeness (QED) is 0.671. The Morgan fingerprint density at radius 2 is 2.00 bits per heavy atom. The first-order chi connectivity index (χ1) is 9.51. The van der Waals surface area contributed by atoms with Crippen molar-refractivity contribution in [1.82, 2.24) is 9.62 Å². The second kappa shape index (κ2) is 8.33. The minimum atomic E-state index is -3.51. The molecule has 0 amide bonds. The van der Waals surface area contributed by atoms with Crippen LogP contribution in [0, 0.1) is 0 Å². The third kappa shape index (κ3) is 5.18. The van der Waals surface area contributed by atoms with Gasteiger partial charge in [-0.25, -0.2) is 13.1 Å². The number of hydrogen-bond donors (Lipinski definition) is 2. The molecule has 0 fully saturated rings. The lowest BCUT2D eigenvalue weighted by Gasteiger charge is -2.16. The summed E-state index contributed by atoms with van der Waals surface area (Å²) in [6, 6.07) is 6.76. The van der Waals surface area contributed by atoms with Crippen molar-refractivity contribution in [2.45, 2.75) is 11.4 Å². The summed E-state index contributed by atoms with van der Waals surface area (Å²) in [4.78, 5) is 2.25. The molecule has 1 aromatic rings. The monoisotopic (exact) mass is 301 g/mol. The standard InChI is InChI=1S/C13H23N3O3S/c1-16(9-10-19-2)8-7-15-20(17,18)13-6-4-3-5-12(13)11-14/h3-6,15H,7-11,14H2,1-2H3. The number of nitrogens with one attached hydrogen (secondary N) is 1. The van der Waals surface area contributed by atoms with Crippen molar-refractivity contribution in [1.29, 1.82) is 0 Å². The SMILES string of the molecule is COCCN(C)CCNS(=O)(=O)c1ccccc1CN. The number of ether oxygens (including phenoxy) is 1. The topological polar surface area (TPSA) is 84.7 Å². The number of rotatable bonds is 9. The molecule has 7 heteroatoms. The van der Waals surface area contributed by atoms with Crippen LogP contribution >= 0.6 is 0 Å². The zero-order valence-corrected chi connectivity index (χ0v) is 12.8. The minimum Gasteiger partial charge on any atom is -0.383 e. The van der Waals surface area contributed by atoms with Crippen molar-refractivity contribution in [2.75, 3.05) is 40.4 Å². The van der Waals surface area contributed by atoms with Crippen molar-refractivity contribution >= 4 is 10.0 Å². The van der Waals surface area contributed by atoms with E-state index in [1.165, 1.54) is 0 Å². The van der Waals surface area contributed by atoms with Crippen molar-refractivity contribution < 1.29 is 13.2 Å². The maximum absolute atomic E-state index is 12.2. The molecular weight excluding hydrogens is 278 g/mol. The summed E-state index contributed by atoms with van der Waals surface area (Å²) in [5.74, 6) is 0. The smallest absolute Gasteiger partial charge is 0.240 e. The fourth-order valence-electron chi connectivity index (χ4n) is 1.74. The molecule has 0 radical (unpaired) electrons. The van der Waals surface area contributed by atoms with Gasteiger partial charge in [-0.2, -0.15) is 0 Å². The molecule has 0 spiro atoms. The van der Waals surface area contributed by atoms with Gasteiger partial charge in [-0.05, 0) is 18.7 Å². The number of sulfonamides is 1. The highest BCUT2D eigenvalue weighted by atomic mass is 32.2. The van der Waals surface area contributed by atoms with Gasteiger partial charge in [0.15, 0.2) is 0 Å². The molecule has 3 N–H and O–H groups in total. The summed E-state index contributed by atoms with van der Waals surface area (Å²) in [5.41, 5.74) is 6.18. The summed E-state index contributed by atoms with van der Waals surface area (Å²) >= 11 is 0. The number of methoxy groups -OCH3 is 1. The van der Waals surface area contributed by atoms with Gasteiger partial charge in [0.05, 0.1) is 11.5 Å². The highest BCUT2D eigenvalue weighted by Gasteiger charge is 2.16. The number of likely N-dealkylation sites (N-methyl/N-ethyl adjacent to an activating group) is 1. The molecule has 1 rings (SSSR count). The summed E-state index contributed by atoms with van der Waals surface area (Å²) in [5, 5.41) is 0. The summed E-state index contributed by atoms with van der Waals surface area (Å²) in [6.45, 7) is 2.55. The number of hydrogen-bond acceptors (Lipinski definition) is 5. The van der Waals surface area contributed by atoms with E-state index in [-0.39, 0.29) is 11.4 Å². The van der Waals surface area contributed by atoms with Crippen molar-refractivity contribution in [2.24, 2.45) is 5.73 Å². The molecule has 0 heterocycles. The predicted molar refractivity (Wildman–Crippen MR) is 78.9 cm³/mol. The Kier molecular flexibility index (Phi) is 7.11. The van der Waals surface area contributed by atoms with Gasteiger partial charge in [-0.1, -0.05) is 18.2 Å². The van der Waals surface area contributed by atoms with E-state index < -0.39 is 10.0 Å². The highest BCUT2D eigenvalue weighted by Crippen LogP contribution is 2.14. The molecule has 0 aromatic heterocycles. The Hall–Kier alpha value is -0.990. The van der Waals surface area contributed by atoms with E-state index in [2.05, 4.69) is 4.72 Å². The molecule has 114 valence electrons. The lowest BCUT2D eigenvalue weighted by molar-refractivity contribution is 0.162. The summed E-state index contributed by atoms with van der Waals surface area (Å²) in [6.07, 6.45) is 0. The molecule has 0 aliphatic rings. The first kappa shape index (κ1) is 17.1. The van der Waals surface area contributed by atoms with E-state index in [0.717, 1.165) is 6.54 Å². The maximum atomic E-state index is 12.2. The first-order valence-electron chi connectivity index (χ1n) is 6.46. The molecule has 1 aromatic carbocycles. The van der Waals surface area contributed by atoms with E-state index in [1.807, 2.05) is 11.9 Å². The van der Waals surface area contributed by atoms with Crippen LogP contribution in [0.5, 0.6) is 0 Å². The number of benzene rings is 1. The Morgan fingerprint density at radius 3 is 2.65 bits per heavy atom. The van der Waals surface area contributed by atoms with Crippen LogP contribution in [0.2, 0.25) is 0 Å². The Morgan fingerprint density at radius 1 is 1.30 bits per heavy atom. The van der Waals surface area contributed by atoms with Crippen LogP contribution in [0.3, 0.4) is 0 Å². The van der Waals surface area contributed by atoms with E-state index in [0.29, 0.717) is 25.3 Å². The second-order valence-electron chi connectivity index (χ2n) is 4.51. The van der Waals surface area contributed by atoms with E-state index in [4.69, 9.17) is 10.5 Å². The molecule has 0 unspecified atom stereocenters. The number of nitrogens with two attached hydrogens (primary N) is 1. The summed E-state index contributed by atoms with van der Waals surface area (Å²) < 4.78 is 32.0. The molecule has 6 nitrogen and oxygen atoms in total. The van der Waals surface area contributed by atoms with Crippen LogP contribution in [0.4, 0.5) is 0 Å². The van der Waals surface area contributed by atoms with Gasteiger partial charge in [0.25, 0.3) is 0 Å². The van der Waals surface area contributed by atoms with Crippen molar-refractivity contribution in [3.63, 3.8) is 0 Å². The molecular formula is C13H23N3O3S. The number of nitrogens with zero attached hydrogens (tertiary/aromatic N) is 1. The van der Waals surface area contributed by atoms with E-state index in [1.54, 1.807) is 31.4 Å².